The molecular formula is C22H35N3O5S. The molecule has 0 aromatic heterocycles. The summed E-state index contributed by atoms with van der Waals surface area (Å²) < 4.78 is 32.7. The van der Waals surface area contributed by atoms with Crippen LogP contribution in [0.25, 0.3) is 0 Å². The molecule has 0 atom stereocenters. The molecule has 2 N–H and O–H groups in total. The van der Waals surface area contributed by atoms with Crippen molar-refractivity contribution in [2.24, 2.45) is 0 Å². The molecule has 8 nitrogen and oxygen atoms in total. The lowest BCUT2D eigenvalue weighted by Crippen LogP contribution is -2.58. The summed E-state index contributed by atoms with van der Waals surface area (Å²) in [5.74, 6) is -0.678. The fraction of sp³-hybridized carbons (Fsp3) is 0.682. The maximum absolute atomic E-state index is 13.5. The molecule has 174 valence electrons. The van der Waals surface area contributed by atoms with Gasteiger partial charge in [0.05, 0.1) is 4.75 Å². The number of hydrogen-bond donors (Lipinski definition) is 2. The van der Waals surface area contributed by atoms with Gasteiger partial charge < -0.3 is 9.64 Å². The molecule has 1 aromatic carbocycles. The molecule has 0 radical (unpaired) electrons. The van der Waals surface area contributed by atoms with Gasteiger partial charge in [-0.25, -0.2) is 13.9 Å². The molecule has 2 aliphatic heterocycles. The molecule has 9 heteroatoms. The zero-order chi connectivity index (χ0) is 22.3. The highest BCUT2D eigenvalue weighted by Crippen LogP contribution is 2.36. The van der Waals surface area contributed by atoms with Crippen molar-refractivity contribution in [3.05, 3.63) is 29.8 Å². The lowest BCUT2D eigenvalue weighted by molar-refractivity contribution is -0.130. The Bertz CT molecular complexity index is 814. The van der Waals surface area contributed by atoms with E-state index in [2.05, 4.69) is 36.1 Å². The van der Waals surface area contributed by atoms with Crippen LogP contribution >= 0.6 is 0 Å². The number of amides is 1. The second-order valence-electron chi connectivity index (χ2n) is 8.52. The molecule has 0 aliphatic carbocycles. The van der Waals surface area contributed by atoms with Crippen LogP contribution in [0.1, 0.15) is 51.0 Å². The fourth-order valence-electron chi connectivity index (χ4n) is 4.51. The van der Waals surface area contributed by atoms with Gasteiger partial charge in [0.1, 0.15) is 0 Å². The number of benzene rings is 1. The predicted octanol–water partition coefficient (Wildman–Crippen LogP) is 2.32. The number of rotatable bonds is 9. The van der Waals surface area contributed by atoms with Gasteiger partial charge in [-0.15, -0.1) is 0 Å². The highest BCUT2D eigenvalue weighted by atomic mass is 32.2. The van der Waals surface area contributed by atoms with Gasteiger partial charge in [-0.1, -0.05) is 31.9 Å². The van der Waals surface area contributed by atoms with Gasteiger partial charge in [-0.05, 0) is 43.4 Å². The van der Waals surface area contributed by atoms with Crippen molar-refractivity contribution < 1.29 is 23.2 Å². The van der Waals surface area contributed by atoms with E-state index >= 15 is 0 Å². The molecule has 2 aliphatic rings. The molecule has 1 aromatic rings. The number of carbonyl (C=O) groups excluding carboxylic acids is 1. The third-order valence-corrected chi connectivity index (χ3v) is 9.20. The Hall–Kier alpha value is -1.68. The van der Waals surface area contributed by atoms with E-state index in [0.717, 1.165) is 12.1 Å². The SMILES string of the molecule is CCCCCc1ccc(N2CCN(S(=O)(=O)C3(CC(=O)NO)CCOCC3)CC2)cc1. The van der Waals surface area contributed by atoms with Crippen LogP contribution in [0.2, 0.25) is 0 Å². The summed E-state index contributed by atoms with van der Waals surface area (Å²) in [5, 5.41) is 8.95. The van der Waals surface area contributed by atoms with E-state index in [-0.39, 0.29) is 19.3 Å². The molecule has 0 spiro atoms. The van der Waals surface area contributed by atoms with Crippen LogP contribution in [0.15, 0.2) is 24.3 Å². The van der Waals surface area contributed by atoms with Crippen LogP contribution in [0.5, 0.6) is 0 Å². The van der Waals surface area contributed by atoms with E-state index in [1.807, 2.05) is 0 Å². The summed E-state index contributed by atoms with van der Waals surface area (Å²) >= 11 is 0. The van der Waals surface area contributed by atoms with E-state index in [9.17, 15) is 13.2 Å². The first-order valence-electron chi connectivity index (χ1n) is 11.3. The Morgan fingerprint density at radius 1 is 1.10 bits per heavy atom. The third kappa shape index (κ3) is 5.58. The smallest absolute Gasteiger partial charge is 0.244 e. The summed E-state index contributed by atoms with van der Waals surface area (Å²) in [6.07, 6.45) is 5.00. The van der Waals surface area contributed by atoms with Crippen molar-refractivity contribution in [1.29, 1.82) is 0 Å². The normalized spacial score (nSPS) is 19.9. The zero-order valence-corrected chi connectivity index (χ0v) is 19.2. The second kappa shape index (κ2) is 10.8. The summed E-state index contributed by atoms with van der Waals surface area (Å²) in [4.78, 5) is 14.1. The number of anilines is 1. The topological polar surface area (TPSA) is 99.2 Å². The number of hydrogen-bond acceptors (Lipinski definition) is 6. The summed E-state index contributed by atoms with van der Waals surface area (Å²) in [6, 6.07) is 8.57. The number of sulfonamides is 1. The number of ether oxygens (including phenoxy) is 1. The van der Waals surface area contributed by atoms with Gasteiger partial charge in [0.2, 0.25) is 15.9 Å². The first-order chi connectivity index (χ1) is 14.9. The molecule has 2 heterocycles. The Morgan fingerprint density at radius 2 is 1.74 bits per heavy atom. The van der Waals surface area contributed by atoms with E-state index in [0.29, 0.717) is 39.4 Å². The second-order valence-corrected chi connectivity index (χ2v) is 10.9. The molecule has 0 bridgehead atoms. The number of unbranched alkanes of at least 4 members (excludes halogenated alkanes) is 2. The number of nitrogens with one attached hydrogen (secondary N) is 1. The maximum Gasteiger partial charge on any atom is 0.244 e. The number of nitrogens with zero attached hydrogens (tertiary/aromatic N) is 2. The number of aryl methyl sites for hydroxylation is 1. The minimum absolute atomic E-state index is 0.252. The lowest BCUT2D eigenvalue weighted by atomic mass is 9.95. The standard InChI is InChI=1S/C22H35N3O5S/c1-2-3-4-5-19-6-8-20(9-7-19)24-12-14-25(15-13-24)31(28,29)22(18-21(26)23-27)10-16-30-17-11-22/h6-9,27H,2-5,10-18H2,1H3,(H,23,26). The minimum Gasteiger partial charge on any atom is -0.381 e. The van der Waals surface area contributed by atoms with Gasteiger partial charge in [0.25, 0.3) is 0 Å². The summed E-state index contributed by atoms with van der Waals surface area (Å²) in [7, 11) is -3.72. The zero-order valence-electron chi connectivity index (χ0n) is 18.4. The van der Waals surface area contributed by atoms with E-state index in [1.54, 1.807) is 5.48 Å². The van der Waals surface area contributed by atoms with Gasteiger partial charge in [0, 0.05) is 51.5 Å². The van der Waals surface area contributed by atoms with Crippen molar-refractivity contribution in [1.82, 2.24) is 9.79 Å². The monoisotopic (exact) mass is 453 g/mol. The average molecular weight is 454 g/mol. The first kappa shape index (κ1) is 24.0. The summed E-state index contributed by atoms with van der Waals surface area (Å²) in [5.41, 5.74) is 4.03. The minimum atomic E-state index is -3.72. The van der Waals surface area contributed by atoms with Crippen LogP contribution in [0, 0.1) is 0 Å². The third-order valence-electron chi connectivity index (χ3n) is 6.51. The highest BCUT2D eigenvalue weighted by Gasteiger charge is 2.50. The van der Waals surface area contributed by atoms with Crippen molar-refractivity contribution in [2.75, 3.05) is 44.3 Å². The van der Waals surface area contributed by atoms with Gasteiger partial charge in [0.15, 0.2) is 0 Å². The quantitative estimate of drug-likeness (QED) is 0.338. The average Bonchev–Trinajstić information content (AvgIpc) is 2.80. The molecule has 0 unspecified atom stereocenters. The van der Waals surface area contributed by atoms with E-state index in [4.69, 9.17) is 9.94 Å². The van der Waals surface area contributed by atoms with Crippen LogP contribution in [-0.2, 0) is 26.0 Å². The number of piperazine rings is 1. The molecule has 2 fully saturated rings. The van der Waals surface area contributed by atoms with Crippen molar-refractivity contribution in [3.63, 3.8) is 0 Å². The van der Waals surface area contributed by atoms with Gasteiger partial charge in [-0.2, -0.15) is 4.31 Å². The molecule has 3 rings (SSSR count). The largest absolute Gasteiger partial charge is 0.381 e. The van der Waals surface area contributed by atoms with Crippen LogP contribution in [-0.4, -0.2) is 68.0 Å². The van der Waals surface area contributed by atoms with Gasteiger partial charge >= 0.3 is 0 Å². The fourth-order valence-corrected chi connectivity index (χ4v) is 6.70. The number of carbonyl (C=O) groups is 1. The van der Waals surface area contributed by atoms with Crippen molar-refractivity contribution in [2.45, 2.75) is 56.6 Å². The molecule has 31 heavy (non-hydrogen) atoms. The molecular weight excluding hydrogens is 418 g/mol. The molecule has 0 saturated carbocycles. The summed E-state index contributed by atoms with van der Waals surface area (Å²) in [6.45, 7) is 4.76. The highest BCUT2D eigenvalue weighted by molar-refractivity contribution is 7.90. The predicted molar refractivity (Wildman–Crippen MR) is 120 cm³/mol. The molecule has 2 saturated heterocycles. The van der Waals surface area contributed by atoms with Gasteiger partial charge in [-0.3, -0.25) is 10.0 Å². The first-order valence-corrected chi connectivity index (χ1v) is 12.7. The molecule has 1 amide bonds. The van der Waals surface area contributed by atoms with E-state index < -0.39 is 20.7 Å². The Morgan fingerprint density at radius 3 is 2.32 bits per heavy atom. The number of hydroxylamine groups is 1. The Balaban J connectivity index is 1.64. The van der Waals surface area contributed by atoms with Crippen LogP contribution in [0.4, 0.5) is 5.69 Å². The van der Waals surface area contributed by atoms with Crippen LogP contribution < -0.4 is 10.4 Å². The van der Waals surface area contributed by atoms with Crippen molar-refractivity contribution >= 4 is 21.6 Å². The maximum atomic E-state index is 13.5. The Kier molecular flexibility index (Phi) is 8.32. The van der Waals surface area contributed by atoms with Crippen molar-refractivity contribution in [3.8, 4) is 0 Å². The van der Waals surface area contributed by atoms with E-state index in [1.165, 1.54) is 29.1 Å². The lowest BCUT2D eigenvalue weighted by Gasteiger charge is -2.43. The Labute approximate surface area is 185 Å². The van der Waals surface area contributed by atoms with Crippen LogP contribution in [0.3, 0.4) is 0 Å².